The molecule has 0 heterocycles. The molecule has 1 nitrogen and oxygen atoms in total. The number of ether oxygens (including phenoxy) is 1. The van der Waals surface area contributed by atoms with Crippen molar-refractivity contribution in [3.63, 3.8) is 0 Å². The molecule has 0 aliphatic heterocycles. The normalized spacial score (nSPS) is 9.50. The number of thiocarbonyl (C=S) groups is 1. The molecule has 0 bridgehead atoms. The zero-order valence-electron chi connectivity index (χ0n) is 8.03. The quantitative estimate of drug-likeness (QED) is 0.572. The number of hydrogen-bond acceptors (Lipinski definition) is 3. The molecule has 14 heavy (non-hydrogen) atoms. The Kier molecular flexibility index (Phi) is 4.70. The molecule has 0 unspecified atom stereocenters. The van der Waals surface area contributed by atoms with E-state index in [9.17, 15) is 0 Å². The van der Waals surface area contributed by atoms with Crippen LogP contribution >= 0.6 is 24.0 Å². The molecule has 0 saturated carbocycles. The van der Waals surface area contributed by atoms with E-state index in [0.29, 0.717) is 11.0 Å². The van der Waals surface area contributed by atoms with Gasteiger partial charge in [-0.15, -0.1) is 0 Å². The molecule has 3 heteroatoms. The molecule has 1 aromatic carbocycles. The van der Waals surface area contributed by atoms with Gasteiger partial charge < -0.3 is 4.74 Å². The van der Waals surface area contributed by atoms with Crippen LogP contribution in [-0.2, 0) is 4.74 Å². The molecule has 0 N–H and O–H groups in total. The second kappa shape index (κ2) is 5.83. The van der Waals surface area contributed by atoms with E-state index in [0.717, 1.165) is 10.5 Å². The lowest BCUT2D eigenvalue weighted by atomic mass is 10.2. The zero-order chi connectivity index (χ0) is 10.4. The molecule has 0 amide bonds. The fraction of sp³-hybridized carbons (Fsp3) is 0.182. The molecule has 0 atom stereocenters. The molecule has 0 spiro atoms. The molecule has 0 aliphatic rings. The van der Waals surface area contributed by atoms with Crippen LogP contribution in [0.4, 0.5) is 0 Å². The summed E-state index contributed by atoms with van der Waals surface area (Å²) in [5, 5.41) is 0. The minimum atomic E-state index is 0.557. The first-order valence-corrected chi connectivity index (χ1v) is 5.56. The Morgan fingerprint density at radius 3 is 2.93 bits per heavy atom. The van der Waals surface area contributed by atoms with Gasteiger partial charge in [0.1, 0.15) is 0 Å². The highest BCUT2D eigenvalue weighted by Crippen LogP contribution is 2.25. The van der Waals surface area contributed by atoms with E-state index >= 15 is 0 Å². The van der Waals surface area contributed by atoms with Crippen molar-refractivity contribution in [1.82, 2.24) is 0 Å². The Hall–Kier alpha value is -0.800. The van der Waals surface area contributed by atoms with Crippen LogP contribution in [0.25, 0.3) is 6.08 Å². The summed E-state index contributed by atoms with van der Waals surface area (Å²) >= 11 is 6.51. The lowest BCUT2D eigenvalue weighted by molar-refractivity contribution is 0.346. The predicted molar refractivity (Wildman–Crippen MR) is 66.6 cm³/mol. The summed E-state index contributed by atoms with van der Waals surface area (Å²) < 4.78 is 5.76. The molecule has 1 aromatic rings. The average molecular weight is 224 g/mol. The van der Waals surface area contributed by atoms with Gasteiger partial charge in [0.05, 0.1) is 6.61 Å². The molecule has 0 radical (unpaired) electrons. The van der Waals surface area contributed by atoms with E-state index < -0.39 is 0 Å². The number of rotatable bonds is 3. The van der Waals surface area contributed by atoms with Crippen molar-refractivity contribution in [3.05, 3.63) is 36.4 Å². The molecule has 0 aromatic heterocycles. The van der Waals surface area contributed by atoms with E-state index in [1.54, 1.807) is 0 Å². The van der Waals surface area contributed by atoms with Crippen LogP contribution in [0.1, 0.15) is 12.5 Å². The van der Waals surface area contributed by atoms with Crippen LogP contribution < -0.4 is 0 Å². The minimum Gasteiger partial charge on any atom is -0.479 e. The fourth-order valence-electron chi connectivity index (χ4n) is 0.979. The highest BCUT2D eigenvalue weighted by Gasteiger charge is 2.03. The fourth-order valence-corrected chi connectivity index (χ4v) is 2.14. The van der Waals surface area contributed by atoms with Gasteiger partial charge in [0, 0.05) is 4.90 Å². The summed E-state index contributed by atoms with van der Waals surface area (Å²) in [4.78, 5) is 1.08. The van der Waals surface area contributed by atoms with Crippen molar-refractivity contribution in [3.8, 4) is 0 Å². The molecule has 0 saturated heterocycles. The maximum atomic E-state index is 5.21. The van der Waals surface area contributed by atoms with Crippen LogP contribution in [0.2, 0.25) is 0 Å². The first kappa shape index (κ1) is 11.3. The molecule has 0 fully saturated rings. The van der Waals surface area contributed by atoms with E-state index in [-0.39, 0.29) is 0 Å². The van der Waals surface area contributed by atoms with Crippen molar-refractivity contribution in [2.45, 2.75) is 11.8 Å². The van der Waals surface area contributed by atoms with Crippen molar-refractivity contribution >= 4 is 34.4 Å². The van der Waals surface area contributed by atoms with E-state index in [1.807, 2.05) is 37.3 Å². The van der Waals surface area contributed by atoms with Crippen molar-refractivity contribution < 1.29 is 4.74 Å². The van der Waals surface area contributed by atoms with E-state index in [2.05, 4.69) is 6.58 Å². The van der Waals surface area contributed by atoms with Crippen molar-refractivity contribution in [1.29, 1.82) is 0 Å². The lowest BCUT2D eigenvalue weighted by Crippen LogP contribution is -1.95. The molecule has 74 valence electrons. The van der Waals surface area contributed by atoms with Gasteiger partial charge >= 0.3 is 0 Å². The maximum absolute atomic E-state index is 5.21. The van der Waals surface area contributed by atoms with Crippen LogP contribution in [0.3, 0.4) is 0 Å². The van der Waals surface area contributed by atoms with Crippen LogP contribution in [0.15, 0.2) is 35.7 Å². The third-order valence-corrected chi connectivity index (χ3v) is 2.84. The second-order valence-corrected chi connectivity index (χ2v) is 4.17. The van der Waals surface area contributed by atoms with Crippen LogP contribution in [0.5, 0.6) is 0 Å². The standard InChI is InChI=1S/C11H12OS2/c1-3-9-7-5-6-8-10(9)14-11(13)12-4-2/h3,5-8H,1,4H2,2H3. The Morgan fingerprint density at radius 2 is 2.29 bits per heavy atom. The van der Waals surface area contributed by atoms with E-state index in [1.165, 1.54) is 11.8 Å². The Balaban J connectivity index is 2.75. The Bertz CT molecular complexity index is 334. The minimum absolute atomic E-state index is 0.557. The molecular formula is C11H12OS2. The highest BCUT2D eigenvalue weighted by molar-refractivity contribution is 8.22. The second-order valence-electron chi connectivity index (χ2n) is 2.53. The lowest BCUT2D eigenvalue weighted by Gasteiger charge is -2.06. The monoisotopic (exact) mass is 224 g/mol. The summed E-state index contributed by atoms with van der Waals surface area (Å²) in [6.07, 6.45) is 1.82. The first-order valence-electron chi connectivity index (χ1n) is 4.34. The maximum Gasteiger partial charge on any atom is 0.224 e. The number of hydrogen-bond donors (Lipinski definition) is 0. The number of benzene rings is 1. The number of thioether (sulfide) groups is 1. The van der Waals surface area contributed by atoms with Crippen molar-refractivity contribution in [2.75, 3.05) is 6.61 Å². The van der Waals surface area contributed by atoms with E-state index in [4.69, 9.17) is 17.0 Å². The van der Waals surface area contributed by atoms with Gasteiger partial charge in [-0.1, -0.05) is 30.9 Å². The molecule has 0 aliphatic carbocycles. The van der Waals surface area contributed by atoms with Gasteiger partial charge in [-0.3, -0.25) is 0 Å². The van der Waals surface area contributed by atoms with Crippen LogP contribution in [-0.4, -0.2) is 11.0 Å². The predicted octanol–water partition coefficient (Wildman–Crippen LogP) is 3.74. The Morgan fingerprint density at radius 1 is 1.57 bits per heavy atom. The first-order chi connectivity index (χ1) is 6.77. The summed E-state index contributed by atoms with van der Waals surface area (Å²) in [6.45, 7) is 6.28. The van der Waals surface area contributed by atoms with Gasteiger partial charge in [0.25, 0.3) is 0 Å². The SMILES string of the molecule is C=Cc1ccccc1SC(=S)OCC. The Labute approximate surface area is 94.2 Å². The van der Waals surface area contributed by atoms with Gasteiger partial charge in [-0.05, 0) is 42.5 Å². The van der Waals surface area contributed by atoms with Crippen molar-refractivity contribution in [2.24, 2.45) is 0 Å². The topological polar surface area (TPSA) is 9.23 Å². The van der Waals surface area contributed by atoms with Gasteiger partial charge in [0.2, 0.25) is 4.38 Å². The third kappa shape index (κ3) is 3.16. The largest absolute Gasteiger partial charge is 0.479 e. The average Bonchev–Trinajstić information content (AvgIpc) is 2.19. The van der Waals surface area contributed by atoms with Crippen LogP contribution in [0, 0.1) is 0 Å². The highest BCUT2D eigenvalue weighted by atomic mass is 32.2. The molecular weight excluding hydrogens is 212 g/mol. The van der Waals surface area contributed by atoms with Gasteiger partial charge in [-0.2, -0.15) is 0 Å². The smallest absolute Gasteiger partial charge is 0.224 e. The van der Waals surface area contributed by atoms with Gasteiger partial charge in [0.15, 0.2) is 0 Å². The summed E-state index contributed by atoms with van der Waals surface area (Å²) in [5.41, 5.74) is 1.08. The summed E-state index contributed by atoms with van der Waals surface area (Å²) in [5.74, 6) is 0. The molecule has 1 rings (SSSR count). The summed E-state index contributed by atoms with van der Waals surface area (Å²) in [6, 6.07) is 7.96. The van der Waals surface area contributed by atoms with Gasteiger partial charge in [-0.25, -0.2) is 0 Å². The summed E-state index contributed by atoms with van der Waals surface area (Å²) in [7, 11) is 0. The zero-order valence-corrected chi connectivity index (χ0v) is 9.66. The third-order valence-electron chi connectivity index (χ3n) is 1.59.